The fourth-order valence-electron chi connectivity index (χ4n) is 3.40. The predicted molar refractivity (Wildman–Crippen MR) is 126 cm³/mol. The van der Waals surface area contributed by atoms with Crippen molar-refractivity contribution >= 4 is 34.4 Å². The monoisotopic (exact) mass is 562 g/mol. The lowest BCUT2D eigenvalue weighted by atomic mass is 9.88. The maximum Gasteiger partial charge on any atom is 0.248 e. The van der Waals surface area contributed by atoms with Crippen LogP contribution in [-0.4, -0.2) is 91.8 Å². The highest BCUT2D eigenvalue weighted by molar-refractivity contribution is 14.1. The number of hydrogen-bond acceptors (Lipinski definition) is 7. The molecule has 178 valence electrons. The number of nitrogens with one attached hydrogen (secondary N) is 1. The molecule has 0 radical (unpaired) electrons. The van der Waals surface area contributed by atoms with Gasteiger partial charge in [-0.25, -0.2) is 0 Å². The van der Waals surface area contributed by atoms with Gasteiger partial charge in [-0.3, -0.25) is 9.59 Å². The third-order valence-corrected chi connectivity index (χ3v) is 5.89. The number of hydrogen-bond donors (Lipinski definition) is 3. The molecule has 1 aliphatic carbocycles. The number of carbonyl (C=O) groups excluding carboxylic acids is 2. The number of para-hydroxylation sites is 1. The summed E-state index contributed by atoms with van der Waals surface area (Å²) >= 11 is 2.13. The molecule has 2 rings (SSSR count). The molecule has 0 fully saturated rings. The fourth-order valence-corrected chi connectivity index (χ4v) is 3.92. The van der Waals surface area contributed by atoms with Crippen LogP contribution >= 0.6 is 22.6 Å². The van der Waals surface area contributed by atoms with E-state index in [1.54, 1.807) is 19.1 Å². The van der Waals surface area contributed by atoms with Gasteiger partial charge < -0.3 is 34.6 Å². The lowest BCUT2D eigenvalue weighted by Gasteiger charge is -2.40. The van der Waals surface area contributed by atoms with E-state index in [-0.39, 0.29) is 51.1 Å². The molecular weight excluding hydrogens is 531 g/mol. The Morgan fingerprint density at radius 2 is 2.06 bits per heavy atom. The number of amides is 2. The van der Waals surface area contributed by atoms with Crippen LogP contribution in [0.4, 0.5) is 0 Å². The quantitative estimate of drug-likeness (QED) is 0.322. The van der Waals surface area contributed by atoms with E-state index < -0.39 is 18.2 Å². The third kappa shape index (κ3) is 7.41. The van der Waals surface area contributed by atoms with Gasteiger partial charge in [0, 0.05) is 38.8 Å². The molecule has 10 heteroatoms. The molecule has 0 saturated carbocycles. The minimum atomic E-state index is -1.08. The molecule has 3 unspecified atom stereocenters. The second kappa shape index (κ2) is 13.7. The van der Waals surface area contributed by atoms with Crippen molar-refractivity contribution in [3.63, 3.8) is 0 Å². The van der Waals surface area contributed by atoms with Crippen molar-refractivity contribution in [1.29, 1.82) is 0 Å². The first kappa shape index (κ1) is 26.5. The molecule has 0 spiro atoms. The van der Waals surface area contributed by atoms with Gasteiger partial charge in [0.05, 0.1) is 22.8 Å². The summed E-state index contributed by atoms with van der Waals surface area (Å²) in [5, 5.41) is 22.9. The predicted octanol–water partition coefficient (Wildman–Crippen LogP) is 0.718. The Hall–Kier alpha value is -1.73. The number of rotatable bonds is 12. The smallest absolute Gasteiger partial charge is 0.248 e. The van der Waals surface area contributed by atoms with E-state index in [0.29, 0.717) is 17.9 Å². The zero-order valence-corrected chi connectivity index (χ0v) is 20.5. The van der Waals surface area contributed by atoms with Gasteiger partial charge in [0.25, 0.3) is 0 Å². The van der Waals surface area contributed by atoms with Gasteiger partial charge >= 0.3 is 0 Å². The Labute approximate surface area is 201 Å². The van der Waals surface area contributed by atoms with Gasteiger partial charge in [-0.15, -0.1) is 0 Å². The Balaban J connectivity index is 2.35. The minimum Gasteiger partial charge on any atom is -0.482 e. The molecule has 0 saturated heterocycles. The van der Waals surface area contributed by atoms with Gasteiger partial charge in [0.2, 0.25) is 11.8 Å². The Kier molecular flexibility index (Phi) is 11.4. The van der Waals surface area contributed by atoms with Gasteiger partial charge in [-0.2, -0.15) is 0 Å². The van der Waals surface area contributed by atoms with Crippen molar-refractivity contribution in [3.05, 3.63) is 39.5 Å². The molecule has 1 aromatic rings. The highest BCUT2D eigenvalue weighted by Crippen LogP contribution is 2.29. The molecule has 0 aromatic heterocycles. The fraction of sp³-hybridized carbons (Fsp3) is 0.545. The number of methoxy groups -OCH3 is 1. The van der Waals surface area contributed by atoms with Crippen LogP contribution in [0.15, 0.2) is 35.9 Å². The first-order valence-corrected chi connectivity index (χ1v) is 11.6. The SMILES string of the molecule is CCOCC(=O)N(CCOC)C1CC(C(=O)NCCO)=CC(Oc2ccccc2I)C1O. The zero-order valence-electron chi connectivity index (χ0n) is 18.3. The molecule has 32 heavy (non-hydrogen) atoms. The van der Waals surface area contributed by atoms with Gasteiger partial charge in [-0.1, -0.05) is 12.1 Å². The number of aliphatic hydroxyl groups is 2. The molecule has 3 atom stereocenters. The van der Waals surface area contributed by atoms with Crippen molar-refractivity contribution in [2.24, 2.45) is 0 Å². The summed E-state index contributed by atoms with van der Waals surface area (Å²) in [6, 6.07) is 6.62. The number of benzene rings is 1. The number of aliphatic hydroxyl groups excluding tert-OH is 2. The highest BCUT2D eigenvalue weighted by atomic mass is 127. The van der Waals surface area contributed by atoms with Gasteiger partial charge in [0.15, 0.2) is 0 Å². The maximum atomic E-state index is 12.9. The standard InChI is InChI=1S/C22H31IN2O7/c1-3-31-14-20(27)25(9-11-30-2)17-12-15(22(29)24-8-10-26)13-19(21(17)28)32-18-7-5-4-6-16(18)23/h4-7,13,17,19,21,26,28H,3,8-12,14H2,1-2H3,(H,24,29). The normalized spacial score (nSPS) is 20.4. The van der Waals surface area contributed by atoms with Crippen LogP contribution in [0.2, 0.25) is 0 Å². The average molecular weight is 562 g/mol. The van der Waals surface area contributed by atoms with Crippen LogP contribution in [0.1, 0.15) is 13.3 Å². The van der Waals surface area contributed by atoms with Crippen molar-refractivity contribution in [1.82, 2.24) is 10.2 Å². The first-order chi connectivity index (χ1) is 15.4. The van der Waals surface area contributed by atoms with E-state index in [2.05, 4.69) is 27.9 Å². The summed E-state index contributed by atoms with van der Waals surface area (Å²) in [5.74, 6) is -0.123. The van der Waals surface area contributed by atoms with Crippen molar-refractivity contribution in [2.75, 3.05) is 46.6 Å². The highest BCUT2D eigenvalue weighted by Gasteiger charge is 2.40. The van der Waals surface area contributed by atoms with E-state index in [1.165, 1.54) is 12.0 Å². The summed E-state index contributed by atoms with van der Waals surface area (Å²) in [5.41, 5.74) is 0.372. The van der Waals surface area contributed by atoms with Gasteiger partial charge in [-0.05, 0) is 47.7 Å². The summed E-state index contributed by atoms with van der Waals surface area (Å²) in [6.45, 7) is 2.43. The van der Waals surface area contributed by atoms with Crippen LogP contribution in [0.3, 0.4) is 0 Å². The average Bonchev–Trinajstić information content (AvgIpc) is 2.79. The summed E-state index contributed by atoms with van der Waals surface area (Å²) in [7, 11) is 1.53. The Morgan fingerprint density at radius 3 is 2.72 bits per heavy atom. The van der Waals surface area contributed by atoms with Crippen molar-refractivity contribution < 1.29 is 34.0 Å². The van der Waals surface area contributed by atoms with Gasteiger partial charge in [0.1, 0.15) is 24.6 Å². The number of nitrogens with zero attached hydrogens (tertiary/aromatic N) is 1. The molecule has 0 heterocycles. The van der Waals surface area contributed by atoms with Crippen molar-refractivity contribution in [2.45, 2.75) is 31.6 Å². The second-order valence-corrected chi connectivity index (χ2v) is 8.33. The number of ether oxygens (including phenoxy) is 3. The van der Waals surface area contributed by atoms with Crippen molar-refractivity contribution in [3.8, 4) is 5.75 Å². The molecule has 0 bridgehead atoms. The number of carbonyl (C=O) groups is 2. The van der Waals surface area contributed by atoms with Crippen LogP contribution in [0, 0.1) is 3.57 Å². The third-order valence-electron chi connectivity index (χ3n) is 5.00. The lowest BCUT2D eigenvalue weighted by Crippen LogP contribution is -2.56. The molecule has 1 aliphatic rings. The molecule has 1 aromatic carbocycles. The van der Waals surface area contributed by atoms with E-state index in [9.17, 15) is 14.7 Å². The van der Waals surface area contributed by atoms with Crippen LogP contribution in [0.5, 0.6) is 5.75 Å². The Bertz CT molecular complexity index is 789. The molecule has 2 amide bonds. The second-order valence-electron chi connectivity index (χ2n) is 7.16. The largest absolute Gasteiger partial charge is 0.482 e. The van der Waals surface area contributed by atoms with Crippen LogP contribution in [-0.2, 0) is 19.1 Å². The topological polar surface area (TPSA) is 118 Å². The summed E-state index contributed by atoms with van der Waals surface area (Å²) in [6.07, 6.45) is -0.225. The summed E-state index contributed by atoms with van der Waals surface area (Å²) < 4.78 is 17.3. The zero-order chi connectivity index (χ0) is 23.5. The van der Waals surface area contributed by atoms with E-state index in [4.69, 9.17) is 19.3 Å². The van der Waals surface area contributed by atoms with E-state index in [1.807, 2.05) is 18.2 Å². The lowest BCUT2D eigenvalue weighted by molar-refractivity contribution is -0.144. The van der Waals surface area contributed by atoms with Crippen LogP contribution < -0.4 is 10.1 Å². The Morgan fingerprint density at radius 1 is 1.31 bits per heavy atom. The molecule has 9 nitrogen and oxygen atoms in total. The maximum absolute atomic E-state index is 12.9. The first-order valence-electron chi connectivity index (χ1n) is 10.5. The van der Waals surface area contributed by atoms with E-state index in [0.717, 1.165) is 3.57 Å². The molecular formula is C22H31IN2O7. The molecule has 0 aliphatic heterocycles. The summed E-state index contributed by atoms with van der Waals surface area (Å²) in [4.78, 5) is 27.0. The van der Waals surface area contributed by atoms with E-state index >= 15 is 0 Å². The number of halogens is 1. The molecule has 3 N–H and O–H groups in total. The minimum absolute atomic E-state index is 0.0994. The van der Waals surface area contributed by atoms with Crippen LogP contribution in [0.25, 0.3) is 0 Å².